The van der Waals surface area contributed by atoms with Crippen LogP contribution in [0.4, 0.5) is 11.4 Å². The molecule has 1 aromatic heterocycles. The van der Waals surface area contributed by atoms with Gasteiger partial charge in [0, 0.05) is 29.1 Å². The molecule has 0 fully saturated rings. The molecule has 0 spiro atoms. The molecule has 7 nitrogen and oxygen atoms in total. The topological polar surface area (TPSA) is 112 Å². The summed E-state index contributed by atoms with van der Waals surface area (Å²) in [6.45, 7) is 0. The van der Waals surface area contributed by atoms with Gasteiger partial charge in [-0.1, -0.05) is 12.1 Å². The smallest absolute Gasteiger partial charge is 0.266 e. The fraction of sp³-hybridized carbons (Fsp3) is 0.211. The molecule has 2 aromatic carbocycles. The zero-order chi connectivity index (χ0) is 18.3. The summed E-state index contributed by atoms with van der Waals surface area (Å²) in [5.74, 6) is 0.0475. The molecule has 0 aliphatic heterocycles. The third-order valence-electron chi connectivity index (χ3n) is 4.62. The zero-order valence-electron chi connectivity index (χ0n) is 13.8. The lowest BCUT2D eigenvalue weighted by atomic mass is 9.93. The van der Waals surface area contributed by atoms with Gasteiger partial charge in [-0.25, -0.2) is 0 Å². The fourth-order valence-corrected chi connectivity index (χ4v) is 3.39. The first-order valence-electron chi connectivity index (χ1n) is 8.31. The van der Waals surface area contributed by atoms with E-state index in [0.717, 1.165) is 37.0 Å². The van der Waals surface area contributed by atoms with Crippen molar-refractivity contribution < 1.29 is 19.6 Å². The Bertz CT molecular complexity index is 1050. The molecule has 0 bridgehead atoms. The van der Waals surface area contributed by atoms with Crippen molar-refractivity contribution >= 4 is 28.6 Å². The highest BCUT2D eigenvalue weighted by Gasteiger charge is 2.24. The number of benzene rings is 2. The normalized spacial score (nSPS) is 14.0. The number of hydrogen-bond acceptors (Lipinski definition) is 6. The molecule has 1 heterocycles. The molecule has 0 amide bonds. The van der Waals surface area contributed by atoms with Gasteiger partial charge < -0.3 is 14.6 Å². The second-order valence-electron chi connectivity index (χ2n) is 6.23. The van der Waals surface area contributed by atoms with E-state index < -0.39 is 16.4 Å². The summed E-state index contributed by atoms with van der Waals surface area (Å²) in [5, 5.41) is 34.4. The summed E-state index contributed by atoms with van der Waals surface area (Å²) in [7, 11) is 0. The van der Waals surface area contributed by atoms with Crippen molar-refractivity contribution in [3.8, 4) is 11.5 Å². The first kappa shape index (κ1) is 16.1. The number of rotatable bonds is 3. The third kappa shape index (κ3) is 2.57. The van der Waals surface area contributed by atoms with E-state index in [2.05, 4.69) is 4.99 Å². The van der Waals surface area contributed by atoms with Crippen molar-refractivity contribution in [3.63, 3.8) is 0 Å². The second kappa shape index (κ2) is 6.18. The maximum absolute atomic E-state index is 12.7. The summed E-state index contributed by atoms with van der Waals surface area (Å²) < 4.78 is 5.80. The van der Waals surface area contributed by atoms with E-state index >= 15 is 0 Å². The van der Waals surface area contributed by atoms with Gasteiger partial charge in [-0.2, -0.15) is 0 Å². The highest BCUT2D eigenvalue weighted by molar-refractivity contribution is 6.05. The van der Waals surface area contributed by atoms with E-state index in [4.69, 9.17) is 4.42 Å². The fourth-order valence-electron chi connectivity index (χ4n) is 3.39. The summed E-state index contributed by atoms with van der Waals surface area (Å²) >= 11 is 0. The molecule has 0 atom stereocenters. The number of aromatic hydroxyl groups is 1. The van der Waals surface area contributed by atoms with Gasteiger partial charge in [0.05, 0.1) is 11.0 Å². The standard InChI is InChI=1S/C19H16N2O5/c22-15-7-3-2-6-13(15)20-10-12-18-11-5-1-4-8-16(11)26-17(18)9-14(19(12)23)21(24)25/h2-3,6-7,9-10,22-23H,1,4-5,8H2/p-1. The predicted octanol–water partition coefficient (Wildman–Crippen LogP) is 3.75. The predicted molar refractivity (Wildman–Crippen MR) is 94.3 cm³/mol. The maximum Gasteiger partial charge on any atom is 0.266 e. The van der Waals surface area contributed by atoms with Crippen molar-refractivity contribution in [1.82, 2.24) is 0 Å². The quantitative estimate of drug-likeness (QED) is 0.439. The molecule has 26 heavy (non-hydrogen) atoms. The highest BCUT2D eigenvalue weighted by Crippen LogP contribution is 2.40. The number of phenolic OH excluding ortho intramolecular Hbond substituents is 1. The lowest BCUT2D eigenvalue weighted by Crippen LogP contribution is -2.04. The Balaban J connectivity index is 1.96. The molecule has 1 aliphatic carbocycles. The van der Waals surface area contributed by atoms with Gasteiger partial charge in [0.1, 0.15) is 22.8 Å². The maximum atomic E-state index is 12.7. The van der Waals surface area contributed by atoms with Crippen LogP contribution in [0.1, 0.15) is 29.7 Å². The summed E-state index contributed by atoms with van der Waals surface area (Å²) in [6.07, 6.45) is 4.76. The first-order valence-corrected chi connectivity index (χ1v) is 8.31. The molecule has 0 saturated heterocycles. The second-order valence-corrected chi connectivity index (χ2v) is 6.23. The highest BCUT2D eigenvalue weighted by atomic mass is 16.6. The number of phenols is 1. The van der Waals surface area contributed by atoms with Crippen LogP contribution in [0.3, 0.4) is 0 Å². The number of fused-ring (bicyclic) bond motifs is 3. The minimum absolute atomic E-state index is 0.0351. The van der Waals surface area contributed by atoms with Crippen LogP contribution in [-0.2, 0) is 12.8 Å². The molecule has 132 valence electrons. The number of nitro benzene ring substituents is 1. The van der Waals surface area contributed by atoms with Gasteiger partial charge in [-0.05, 0) is 37.1 Å². The Morgan fingerprint density at radius 2 is 2.00 bits per heavy atom. The van der Waals surface area contributed by atoms with Crippen LogP contribution < -0.4 is 5.11 Å². The lowest BCUT2D eigenvalue weighted by molar-refractivity contribution is -0.398. The Morgan fingerprint density at radius 1 is 1.23 bits per heavy atom. The molecular weight excluding hydrogens is 336 g/mol. The van der Waals surface area contributed by atoms with E-state index in [9.17, 15) is 20.3 Å². The number of hydrogen-bond donors (Lipinski definition) is 1. The molecule has 3 aromatic rings. The number of para-hydroxylation sites is 2. The van der Waals surface area contributed by atoms with E-state index in [1.165, 1.54) is 18.3 Å². The molecule has 7 heteroatoms. The monoisotopic (exact) mass is 351 g/mol. The van der Waals surface area contributed by atoms with Crippen LogP contribution in [-0.4, -0.2) is 16.2 Å². The molecule has 4 rings (SSSR count). The van der Waals surface area contributed by atoms with Crippen molar-refractivity contribution in [2.75, 3.05) is 0 Å². The Kier molecular flexibility index (Phi) is 3.84. The van der Waals surface area contributed by atoms with Gasteiger partial charge in [0.15, 0.2) is 0 Å². The third-order valence-corrected chi connectivity index (χ3v) is 4.62. The molecule has 0 saturated carbocycles. The van der Waals surface area contributed by atoms with Crippen LogP contribution in [0, 0.1) is 10.1 Å². The number of aliphatic imine (C=N–C) groups is 1. The molecule has 1 aliphatic rings. The summed E-state index contributed by atoms with van der Waals surface area (Å²) in [6, 6.07) is 7.63. The molecule has 0 radical (unpaired) electrons. The zero-order valence-corrected chi connectivity index (χ0v) is 13.8. The first-order chi connectivity index (χ1) is 12.6. The van der Waals surface area contributed by atoms with Crippen LogP contribution in [0.2, 0.25) is 0 Å². The van der Waals surface area contributed by atoms with Gasteiger partial charge in [-0.3, -0.25) is 15.1 Å². The Labute approximate surface area is 148 Å². The Hall–Kier alpha value is -3.35. The summed E-state index contributed by atoms with van der Waals surface area (Å²) in [5.41, 5.74) is 1.13. The van der Waals surface area contributed by atoms with Crippen LogP contribution in [0.25, 0.3) is 11.0 Å². The number of nitrogens with zero attached hydrogens (tertiary/aromatic N) is 2. The molecule has 1 N–H and O–H groups in total. The van der Waals surface area contributed by atoms with Gasteiger partial charge in [0.2, 0.25) is 0 Å². The minimum atomic E-state index is -0.708. The minimum Gasteiger partial charge on any atom is -0.867 e. The number of furan rings is 1. The average molecular weight is 351 g/mol. The molecule has 0 unspecified atom stereocenters. The average Bonchev–Trinajstić information content (AvgIpc) is 3.00. The number of nitro groups is 1. The largest absolute Gasteiger partial charge is 0.867 e. The van der Waals surface area contributed by atoms with E-state index in [0.29, 0.717) is 11.0 Å². The lowest BCUT2D eigenvalue weighted by Gasteiger charge is -2.14. The van der Waals surface area contributed by atoms with Gasteiger partial charge in [-0.15, -0.1) is 0 Å². The van der Waals surface area contributed by atoms with Crippen LogP contribution >= 0.6 is 0 Å². The van der Waals surface area contributed by atoms with Crippen molar-refractivity contribution in [1.29, 1.82) is 0 Å². The Morgan fingerprint density at radius 3 is 2.77 bits per heavy atom. The van der Waals surface area contributed by atoms with Crippen LogP contribution in [0.5, 0.6) is 11.5 Å². The van der Waals surface area contributed by atoms with Crippen molar-refractivity contribution in [3.05, 3.63) is 57.3 Å². The van der Waals surface area contributed by atoms with Gasteiger partial charge in [0.25, 0.3) is 5.69 Å². The SMILES string of the molecule is O=[N+]([O-])c1cc2oc3c(c2c(C=Nc2ccccc2O)c1[O-])CCCC3. The van der Waals surface area contributed by atoms with Crippen LogP contribution in [0.15, 0.2) is 39.7 Å². The van der Waals surface area contributed by atoms with E-state index in [1.807, 2.05) is 0 Å². The van der Waals surface area contributed by atoms with E-state index in [1.54, 1.807) is 18.2 Å². The van der Waals surface area contributed by atoms with E-state index in [-0.39, 0.29) is 17.0 Å². The molecular formula is C19H15N2O5-. The van der Waals surface area contributed by atoms with Crippen molar-refractivity contribution in [2.45, 2.75) is 25.7 Å². The van der Waals surface area contributed by atoms with Gasteiger partial charge >= 0.3 is 0 Å². The van der Waals surface area contributed by atoms with Crippen molar-refractivity contribution in [2.24, 2.45) is 4.99 Å². The number of aryl methyl sites for hydroxylation is 2. The summed E-state index contributed by atoms with van der Waals surface area (Å²) in [4.78, 5) is 14.7.